The lowest BCUT2D eigenvalue weighted by atomic mass is 9.96. The summed E-state index contributed by atoms with van der Waals surface area (Å²) in [5.41, 5.74) is 1.71. The standard InChI is InChI=1S/C28H36FN5O5/c1-18(2)26-27(36)32(13-12-19-8-11-22(38-4)23(14-19)39-5)16-24-33(26)25(35)17-31(3)34(24)28(37)30-15-20-6-9-21(29)10-7-20/h6-11,14,18,24,26H,12-13,15-17H2,1-5H3,(H,30,37)/t24-,26-/m0/s1. The minimum atomic E-state index is -0.692. The van der Waals surface area contributed by atoms with Gasteiger partial charge in [0.25, 0.3) is 0 Å². The Morgan fingerprint density at radius 3 is 2.36 bits per heavy atom. The van der Waals surface area contributed by atoms with Crippen LogP contribution in [0.2, 0.25) is 0 Å². The van der Waals surface area contributed by atoms with E-state index in [1.54, 1.807) is 48.2 Å². The topological polar surface area (TPSA) is 94.7 Å². The van der Waals surface area contributed by atoms with Gasteiger partial charge in [0.1, 0.15) is 18.0 Å². The van der Waals surface area contributed by atoms with Gasteiger partial charge in [-0.05, 0) is 47.7 Å². The van der Waals surface area contributed by atoms with Gasteiger partial charge in [0, 0.05) is 20.1 Å². The number of hydrazine groups is 1. The Bertz CT molecular complexity index is 1210. The van der Waals surface area contributed by atoms with Crippen LogP contribution in [-0.4, -0.2) is 90.8 Å². The Kier molecular flexibility index (Phi) is 8.59. The van der Waals surface area contributed by atoms with Gasteiger partial charge in [0.15, 0.2) is 11.5 Å². The first-order valence-electron chi connectivity index (χ1n) is 13.0. The summed E-state index contributed by atoms with van der Waals surface area (Å²) in [6.07, 6.45) is -0.107. The lowest BCUT2D eigenvalue weighted by Gasteiger charge is -2.55. The first-order valence-corrected chi connectivity index (χ1v) is 13.0. The lowest BCUT2D eigenvalue weighted by molar-refractivity contribution is -0.189. The van der Waals surface area contributed by atoms with Gasteiger partial charge in [0.05, 0.1) is 27.3 Å². The number of likely N-dealkylation sites (N-methyl/N-ethyl adjacent to an activating group) is 1. The van der Waals surface area contributed by atoms with Crippen LogP contribution in [-0.2, 0) is 22.6 Å². The molecule has 0 radical (unpaired) electrons. The van der Waals surface area contributed by atoms with Crippen molar-refractivity contribution in [3.05, 3.63) is 59.4 Å². The predicted octanol–water partition coefficient (Wildman–Crippen LogP) is 2.48. The highest BCUT2D eigenvalue weighted by Crippen LogP contribution is 2.31. The number of hydrogen-bond acceptors (Lipinski definition) is 6. The van der Waals surface area contributed by atoms with Crippen LogP contribution in [0.1, 0.15) is 25.0 Å². The number of fused-ring (bicyclic) bond motifs is 1. The molecule has 0 unspecified atom stereocenters. The summed E-state index contributed by atoms with van der Waals surface area (Å²) in [4.78, 5) is 43.5. The molecule has 2 aliphatic rings. The third kappa shape index (κ3) is 5.93. The number of benzene rings is 2. The normalized spacial score (nSPS) is 19.8. The van der Waals surface area contributed by atoms with Crippen molar-refractivity contribution in [2.24, 2.45) is 5.92 Å². The Morgan fingerprint density at radius 1 is 1.05 bits per heavy atom. The Balaban J connectivity index is 1.55. The predicted molar refractivity (Wildman–Crippen MR) is 142 cm³/mol. The number of carbonyl (C=O) groups is 3. The van der Waals surface area contributed by atoms with E-state index in [1.165, 1.54) is 17.1 Å². The fourth-order valence-corrected chi connectivity index (χ4v) is 5.22. The fourth-order valence-electron chi connectivity index (χ4n) is 5.22. The summed E-state index contributed by atoms with van der Waals surface area (Å²) in [7, 11) is 4.83. The molecule has 2 saturated heterocycles. The van der Waals surface area contributed by atoms with Crippen molar-refractivity contribution in [1.82, 2.24) is 25.1 Å². The van der Waals surface area contributed by atoms with Crippen molar-refractivity contribution >= 4 is 17.8 Å². The van der Waals surface area contributed by atoms with Crippen molar-refractivity contribution in [2.75, 3.05) is 40.9 Å². The monoisotopic (exact) mass is 541 g/mol. The second kappa shape index (κ2) is 11.9. The molecule has 1 N–H and O–H groups in total. The van der Waals surface area contributed by atoms with Crippen LogP contribution >= 0.6 is 0 Å². The maximum atomic E-state index is 13.6. The molecule has 2 atom stereocenters. The van der Waals surface area contributed by atoms with Crippen LogP contribution in [0.3, 0.4) is 0 Å². The van der Waals surface area contributed by atoms with Crippen molar-refractivity contribution < 1.29 is 28.2 Å². The molecule has 0 bridgehead atoms. The molecule has 2 aromatic rings. The van der Waals surface area contributed by atoms with Crippen LogP contribution in [0.4, 0.5) is 9.18 Å². The van der Waals surface area contributed by atoms with Crippen LogP contribution in [0.5, 0.6) is 11.5 Å². The zero-order valence-electron chi connectivity index (χ0n) is 23.0. The smallest absolute Gasteiger partial charge is 0.334 e. The van der Waals surface area contributed by atoms with E-state index in [1.807, 2.05) is 32.0 Å². The summed E-state index contributed by atoms with van der Waals surface area (Å²) >= 11 is 0. The molecule has 2 fully saturated rings. The molecular weight excluding hydrogens is 505 g/mol. The van der Waals surface area contributed by atoms with Gasteiger partial charge >= 0.3 is 6.03 Å². The average Bonchev–Trinajstić information content (AvgIpc) is 2.91. The van der Waals surface area contributed by atoms with E-state index in [0.29, 0.717) is 24.5 Å². The van der Waals surface area contributed by atoms with Crippen molar-refractivity contribution in [2.45, 2.75) is 39.0 Å². The largest absolute Gasteiger partial charge is 0.493 e. The van der Waals surface area contributed by atoms with Crippen molar-refractivity contribution in [3.63, 3.8) is 0 Å². The minimum absolute atomic E-state index is 0.0252. The number of halogens is 1. The number of nitrogens with zero attached hydrogens (tertiary/aromatic N) is 4. The van der Waals surface area contributed by atoms with Gasteiger partial charge in [-0.15, -0.1) is 0 Å². The number of methoxy groups -OCH3 is 2. The number of carbonyl (C=O) groups excluding carboxylic acids is 3. The van der Waals surface area contributed by atoms with Crippen LogP contribution in [0.25, 0.3) is 0 Å². The molecule has 2 aromatic carbocycles. The van der Waals surface area contributed by atoms with E-state index < -0.39 is 18.2 Å². The van der Waals surface area contributed by atoms with Crippen molar-refractivity contribution in [3.8, 4) is 11.5 Å². The summed E-state index contributed by atoms with van der Waals surface area (Å²) in [5.74, 6) is 0.393. The molecule has 4 amide bonds. The molecule has 11 heteroatoms. The van der Waals surface area contributed by atoms with E-state index in [4.69, 9.17) is 9.47 Å². The fraction of sp³-hybridized carbons (Fsp3) is 0.464. The number of nitrogens with one attached hydrogen (secondary N) is 1. The van der Waals surface area contributed by atoms with E-state index >= 15 is 0 Å². The number of rotatable bonds is 8. The van der Waals surface area contributed by atoms with Gasteiger partial charge in [-0.1, -0.05) is 32.0 Å². The number of ether oxygens (including phenoxy) is 2. The molecule has 0 aromatic heterocycles. The van der Waals surface area contributed by atoms with E-state index in [9.17, 15) is 18.8 Å². The van der Waals surface area contributed by atoms with Crippen molar-refractivity contribution in [1.29, 1.82) is 0 Å². The number of urea groups is 1. The molecule has 4 rings (SSSR count). The molecule has 210 valence electrons. The molecular formula is C28H36FN5O5. The van der Waals surface area contributed by atoms with Gasteiger partial charge in [-0.25, -0.2) is 19.2 Å². The third-order valence-electron chi connectivity index (χ3n) is 7.19. The quantitative estimate of drug-likeness (QED) is 0.552. The minimum Gasteiger partial charge on any atom is -0.493 e. The molecule has 10 nitrogen and oxygen atoms in total. The Hall–Kier alpha value is -3.86. The average molecular weight is 542 g/mol. The summed E-state index contributed by atoms with van der Waals surface area (Å²) < 4.78 is 24.0. The number of amides is 4. The highest BCUT2D eigenvalue weighted by molar-refractivity contribution is 5.91. The SMILES string of the molecule is COc1ccc(CCN2C[C@H]3N(C(=O)CN(C)N3C(=O)NCc3ccc(F)cc3)[C@@H](C(C)C)C2=O)cc1OC. The summed E-state index contributed by atoms with van der Waals surface area (Å²) in [6.45, 7) is 4.56. The van der Waals surface area contributed by atoms with E-state index in [-0.39, 0.29) is 43.2 Å². The van der Waals surface area contributed by atoms with E-state index in [0.717, 1.165) is 11.1 Å². The molecule has 2 aliphatic heterocycles. The molecule has 2 heterocycles. The Labute approximate surface area is 228 Å². The second-order valence-electron chi connectivity index (χ2n) is 10.1. The molecule has 0 aliphatic carbocycles. The van der Waals surface area contributed by atoms with Crippen LogP contribution < -0.4 is 14.8 Å². The number of piperazine rings is 1. The summed E-state index contributed by atoms with van der Waals surface area (Å²) in [5, 5.41) is 5.97. The number of hydrogen-bond donors (Lipinski definition) is 1. The second-order valence-corrected chi connectivity index (χ2v) is 10.1. The van der Waals surface area contributed by atoms with Gasteiger partial charge < -0.3 is 24.6 Å². The van der Waals surface area contributed by atoms with Gasteiger partial charge in [0.2, 0.25) is 11.8 Å². The van der Waals surface area contributed by atoms with Crippen LogP contribution in [0.15, 0.2) is 42.5 Å². The molecule has 0 spiro atoms. The maximum Gasteiger partial charge on any atom is 0.334 e. The van der Waals surface area contributed by atoms with Gasteiger partial charge in [-0.3, -0.25) is 9.59 Å². The van der Waals surface area contributed by atoms with Gasteiger partial charge in [-0.2, -0.15) is 0 Å². The molecule has 0 saturated carbocycles. The zero-order chi connectivity index (χ0) is 28.3. The maximum absolute atomic E-state index is 13.6. The first kappa shape index (κ1) is 28.2. The zero-order valence-corrected chi connectivity index (χ0v) is 23.0. The highest BCUT2D eigenvalue weighted by atomic mass is 19.1. The lowest BCUT2D eigenvalue weighted by Crippen LogP contribution is -2.76. The Morgan fingerprint density at radius 2 is 1.72 bits per heavy atom. The van der Waals surface area contributed by atoms with Crippen LogP contribution in [0, 0.1) is 11.7 Å². The first-order chi connectivity index (χ1) is 18.6. The molecule has 39 heavy (non-hydrogen) atoms. The van der Waals surface area contributed by atoms with E-state index in [2.05, 4.69) is 5.32 Å². The highest BCUT2D eigenvalue weighted by Gasteiger charge is 2.51. The summed E-state index contributed by atoms with van der Waals surface area (Å²) in [6, 6.07) is 10.4. The third-order valence-corrected chi connectivity index (χ3v) is 7.19.